The summed E-state index contributed by atoms with van der Waals surface area (Å²) >= 11 is 5.25. The van der Waals surface area contributed by atoms with Crippen LogP contribution < -0.4 is 0 Å². The number of alkyl halides is 1. The molecule has 0 N–H and O–H groups in total. The molecule has 0 atom stereocenters. The van der Waals surface area contributed by atoms with Crippen LogP contribution in [0, 0.1) is 0 Å². The Bertz CT molecular complexity index is 637. The number of halogens is 1. The van der Waals surface area contributed by atoms with Gasteiger partial charge in [0, 0.05) is 10.2 Å². The molecule has 2 heteroatoms. The monoisotopic (exact) mass is 328 g/mol. The Morgan fingerprint density at radius 2 is 1.32 bits per heavy atom. The molecule has 1 heterocycles. The van der Waals surface area contributed by atoms with Gasteiger partial charge in [0.25, 0.3) is 0 Å². The first-order valence-electron chi connectivity index (χ1n) is 6.16. The van der Waals surface area contributed by atoms with Crippen LogP contribution in [0.1, 0.15) is 5.56 Å². The first-order valence-corrected chi connectivity index (χ1v) is 8.16. The van der Waals surface area contributed by atoms with Gasteiger partial charge >= 0.3 is 0 Å². The van der Waals surface area contributed by atoms with E-state index in [0.29, 0.717) is 0 Å². The van der Waals surface area contributed by atoms with Crippen LogP contribution in [0.2, 0.25) is 0 Å². The number of rotatable bonds is 3. The molecule has 0 radical (unpaired) electrons. The predicted molar refractivity (Wildman–Crippen MR) is 87.8 cm³/mol. The molecule has 2 aromatic carbocycles. The zero-order valence-corrected chi connectivity index (χ0v) is 12.7. The average Bonchev–Trinajstić information content (AvgIpc) is 3.02. The van der Waals surface area contributed by atoms with Crippen LogP contribution in [0.3, 0.4) is 0 Å². The maximum absolute atomic E-state index is 3.47. The van der Waals surface area contributed by atoms with Crippen molar-refractivity contribution in [1.29, 1.82) is 0 Å². The first-order chi connectivity index (χ1) is 9.36. The average molecular weight is 329 g/mol. The number of hydrogen-bond acceptors (Lipinski definition) is 1. The quantitative estimate of drug-likeness (QED) is 0.519. The number of benzene rings is 2. The van der Waals surface area contributed by atoms with Gasteiger partial charge in [-0.05, 0) is 33.7 Å². The molecule has 0 aliphatic carbocycles. The Hall–Kier alpha value is -1.38. The fourth-order valence-electron chi connectivity index (χ4n) is 2.06. The third kappa shape index (κ3) is 2.80. The van der Waals surface area contributed by atoms with Gasteiger partial charge < -0.3 is 0 Å². The summed E-state index contributed by atoms with van der Waals surface area (Å²) in [5.41, 5.74) is 5.12. The first kappa shape index (κ1) is 12.6. The lowest BCUT2D eigenvalue weighted by Gasteiger charge is -2.04. The SMILES string of the molecule is BrCc1ccc(-c2ccc(-c3cccs3)cc2)cc1. The van der Waals surface area contributed by atoms with Gasteiger partial charge in [0.1, 0.15) is 0 Å². The normalized spacial score (nSPS) is 10.6. The van der Waals surface area contributed by atoms with E-state index in [1.54, 1.807) is 11.3 Å². The summed E-state index contributed by atoms with van der Waals surface area (Å²) in [7, 11) is 0. The van der Waals surface area contributed by atoms with Gasteiger partial charge in [-0.3, -0.25) is 0 Å². The Morgan fingerprint density at radius 1 is 0.737 bits per heavy atom. The molecule has 0 unspecified atom stereocenters. The number of hydrogen-bond donors (Lipinski definition) is 0. The van der Waals surface area contributed by atoms with Gasteiger partial charge in [-0.25, -0.2) is 0 Å². The highest BCUT2D eigenvalue weighted by Gasteiger charge is 2.01. The molecule has 0 aliphatic heterocycles. The van der Waals surface area contributed by atoms with Gasteiger partial charge in [0.05, 0.1) is 0 Å². The molecular formula is C17H13BrS. The molecule has 94 valence electrons. The van der Waals surface area contributed by atoms with Gasteiger partial charge in [-0.15, -0.1) is 11.3 Å². The van der Waals surface area contributed by atoms with E-state index >= 15 is 0 Å². The summed E-state index contributed by atoms with van der Waals surface area (Å²) in [5.74, 6) is 0. The van der Waals surface area contributed by atoms with E-state index in [1.165, 1.54) is 27.1 Å². The zero-order valence-electron chi connectivity index (χ0n) is 10.3. The van der Waals surface area contributed by atoms with E-state index in [4.69, 9.17) is 0 Å². The van der Waals surface area contributed by atoms with Gasteiger partial charge in [-0.1, -0.05) is 70.5 Å². The van der Waals surface area contributed by atoms with Gasteiger partial charge in [-0.2, -0.15) is 0 Å². The molecule has 0 saturated heterocycles. The summed E-state index contributed by atoms with van der Waals surface area (Å²) < 4.78 is 0. The summed E-state index contributed by atoms with van der Waals surface area (Å²) in [5, 5.41) is 3.02. The third-order valence-corrected chi connectivity index (χ3v) is 4.70. The second-order valence-corrected chi connectivity index (χ2v) is 5.89. The molecule has 0 spiro atoms. The lowest BCUT2D eigenvalue weighted by Crippen LogP contribution is -1.80. The van der Waals surface area contributed by atoms with Crippen molar-refractivity contribution in [2.24, 2.45) is 0 Å². The van der Waals surface area contributed by atoms with Crippen LogP contribution >= 0.6 is 27.3 Å². The maximum atomic E-state index is 3.47. The van der Waals surface area contributed by atoms with Gasteiger partial charge in [0.15, 0.2) is 0 Å². The van der Waals surface area contributed by atoms with E-state index in [2.05, 4.69) is 82.0 Å². The fourth-order valence-corrected chi connectivity index (χ4v) is 3.16. The minimum absolute atomic E-state index is 0.907. The van der Waals surface area contributed by atoms with Crippen LogP contribution in [0.25, 0.3) is 21.6 Å². The molecule has 0 bridgehead atoms. The van der Waals surface area contributed by atoms with E-state index in [1.807, 2.05) is 0 Å². The number of thiophene rings is 1. The highest BCUT2D eigenvalue weighted by Crippen LogP contribution is 2.28. The lowest BCUT2D eigenvalue weighted by molar-refractivity contribution is 1.44. The molecule has 0 aliphatic rings. The van der Waals surface area contributed by atoms with Crippen molar-refractivity contribution in [1.82, 2.24) is 0 Å². The Balaban J connectivity index is 1.89. The van der Waals surface area contributed by atoms with Crippen LogP contribution in [0.4, 0.5) is 0 Å². The minimum Gasteiger partial charge on any atom is -0.144 e. The lowest BCUT2D eigenvalue weighted by atomic mass is 10.0. The maximum Gasteiger partial charge on any atom is 0.0342 e. The molecule has 0 fully saturated rings. The van der Waals surface area contributed by atoms with Crippen molar-refractivity contribution in [3.63, 3.8) is 0 Å². The molecule has 19 heavy (non-hydrogen) atoms. The Morgan fingerprint density at radius 3 is 1.84 bits per heavy atom. The van der Waals surface area contributed by atoms with E-state index in [-0.39, 0.29) is 0 Å². The van der Waals surface area contributed by atoms with Crippen molar-refractivity contribution < 1.29 is 0 Å². The Labute approximate surface area is 125 Å². The van der Waals surface area contributed by atoms with E-state index in [9.17, 15) is 0 Å². The highest BCUT2D eigenvalue weighted by atomic mass is 79.9. The van der Waals surface area contributed by atoms with Crippen molar-refractivity contribution in [3.8, 4) is 21.6 Å². The predicted octanol–water partition coefficient (Wildman–Crippen LogP) is 5.98. The largest absolute Gasteiger partial charge is 0.144 e. The molecule has 3 aromatic rings. The topological polar surface area (TPSA) is 0 Å². The second-order valence-electron chi connectivity index (χ2n) is 4.39. The molecule has 0 amide bonds. The van der Waals surface area contributed by atoms with Crippen molar-refractivity contribution in [2.45, 2.75) is 5.33 Å². The molecule has 1 aromatic heterocycles. The van der Waals surface area contributed by atoms with Crippen molar-refractivity contribution in [2.75, 3.05) is 0 Å². The van der Waals surface area contributed by atoms with Crippen LogP contribution in [-0.4, -0.2) is 0 Å². The van der Waals surface area contributed by atoms with Crippen LogP contribution in [-0.2, 0) is 5.33 Å². The van der Waals surface area contributed by atoms with Gasteiger partial charge in [0.2, 0.25) is 0 Å². The van der Waals surface area contributed by atoms with E-state index in [0.717, 1.165) is 5.33 Å². The minimum atomic E-state index is 0.907. The summed E-state index contributed by atoms with van der Waals surface area (Å²) in [6, 6.07) is 21.7. The van der Waals surface area contributed by atoms with Crippen LogP contribution in [0.5, 0.6) is 0 Å². The fraction of sp³-hybridized carbons (Fsp3) is 0.0588. The smallest absolute Gasteiger partial charge is 0.0342 e. The van der Waals surface area contributed by atoms with Crippen molar-refractivity contribution in [3.05, 3.63) is 71.6 Å². The zero-order chi connectivity index (χ0) is 13.1. The second kappa shape index (κ2) is 5.72. The van der Waals surface area contributed by atoms with Crippen LogP contribution in [0.15, 0.2) is 66.0 Å². The standard InChI is InChI=1S/C17H13BrS/c18-12-13-3-5-14(6-4-13)15-7-9-16(10-8-15)17-2-1-11-19-17/h1-11H,12H2. The summed E-state index contributed by atoms with van der Waals surface area (Å²) in [6.45, 7) is 0. The third-order valence-electron chi connectivity index (χ3n) is 3.13. The van der Waals surface area contributed by atoms with Crippen molar-refractivity contribution >= 4 is 27.3 Å². The molecule has 0 saturated carbocycles. The molecule has 3 rings (SSSR count). The molecular weight excluding hydrogens is 316 g/mol. The highest BCUT2D eigenvalue weighted by molar-refractivity contribution is 9.08. The summed E-state index contributed by atoms with van der Waals surface area (Å²) in [4.78, 5) is 1.32. The summed E-state index contributed by atoms with van der Waals surface area (Å²) in [6.07, 6.45) is 0. The Kier molecular flexibility index (Phi) is 3.81. The van der Waals surface area contributed by atoms with E-state index < -0.39 is 0 Å². The molecule has 0 nitrogen and oxygen atoms in total.